The highest BCUT2D eigenvalue weighted by atomic mass is 16.5. The first-order valence-electron chi connectivity index (χ1n) is 7.07. The highest BCUT2D eigenvalue weighted by molar-refractivity contribution is 6.01. The first-order valence-corrected chi connectivity index (χ1v) is 7.07. The number of fused-ring (bicyclic) bond motifs is 1. The Kier molecular flexibility index (Phi) is 5.30. The Morgan fingerprint density at radius 3 is 2.88 bits per heavy atom. The molecule has 1 atom stereocenters. The van der Waals surface area contributed by atoms with E-state index in [4.69, 9.17) is 15.6 Å². The zero-order valence-corrected chi connectivity index (χ0v) is 12.6. The molecule has 3 amide bonds. The van der Waals surface area contributed by atoms with Crippen LogP contribution in [0.15, 0.2) is 18.3 Å². The van der Waals surface area contributed by atoms with Crippen LogP contribution in [-0.2, 0) is 19.2 Å². The van der Waals surface area contributed by atoms with Crippen LogP contribution in [0.1, 0.15) is 12.8 Å². The normalized spacial score (nSPS) is 14.3. The van der Waals surface area contributed by atoms with Gasteiger partial charge in [-0.15, -0.1) is 0 Å². The van der Waals surface area contributed by atoms with Gasteiger partial charge in [-0.25, -0.2) is 9.78 Å². The number of carbonyl (C=O) groups is 4. The number of carbonyl (C=O) groups excluding carboxylic acids is 3. The summed E-state index contributed by atoms with van der Waals surface area (Å²) in [6.45, 7) is -0.650. The zero-order chi connectivity index (χ0) is 17.7. The number of rotatable bonds is 7. The molecule has 10 heteroatoms. The van der Waals surface area contributed by atoms with Crippen molar-refractivity contribution < 1.29 is 29.0 Å². The Bertz CT molecular complexity index is 677. The summed E-state index contributed by atoms with van der Waals surface area (Å²) in [4.78, 5) is 51.0. The molecule has 0 bridgehead atoms. The number of hydrogen-bond donors (Lipinski definition) is 3. The number of hydrogen-bond acceptors (Lipinski definition) is 6. The quantitative estimate of drug-likeness (QED) is 0.556. The Morgan fingerprint density at radius 1 is 1.46 bits per heavy atom. The van der Waals surface area contributed by atoms with Crippen molar-refractivity contribution in [1.29, 1.82) is 0 Å². The average Bonchev–Trinajstić information content (AvgIpc) is 2.53. The summed E-state index contributed by atoms with van der Waals surface area (Å²) in [5, 5.41) is 11.3. The second-order valence-electron chi connectivity index (χ2n) is 5.06. The maximum Gasteiger partial charge on any atom is 0.326 e. The van der Waals surface area contributed by atoms with Crippen molar-refractivity contribution in [2.75, 3.05) is 18.1 Å². The van der Waals surface area contributed by atoms with Crippen LogP contribution in [0.3, 0.4) is 0 Å². The Morgan fingerprint density at radius 2 is 2.21 bits per heavy atom. The Labute approximate surface area is 136 Å². The number of anilines is 1. The molecule has 0 spiro atoms. The number of nitrogens with two attached hydrogens (primary N) is 1. The smallest absolute Gasteiger partial charge is 0.326 e. The fourth-order valence-corrected chi connectivity index (χ4v) is 2.12. The number of carboxylic acid groups (broad SMARTS) is 1. The van der Waals surface area contributed by atoms with Gasteiger partial charge in [0.1, 0.15) is 12.6 Å². The fourth-order valence-electron chi connectivity index (χ4n) is 2.12. The van der Waals surface area contributed by atoms with Gasteiger partial charge in [-0.3, -0.25) is 19.3 Å². The van der Waals surface area contributed by atoms with Crippen molar-refractivity contribution >= 4 is 29.5 Å². The van der Waals surface area contributed by atoms with E-state index in [1.165, 1.54) is 6.20 Å². The number of aliphatic carboxylic acids is 1. The molecule has 0 fully saturated rings. The summed E-state index contributed by atoms with van der Waals surface area (Å²) in [5.41, 5.74) is 4.97. The summed E-state index contributed by atoms with van der Waals surface area (Å²) in [6, 6.07) is 1.95. The molecular weight excluding hydrogens is 320 g/mol. The number of carboxylic acids is 1. The van der Waals surface area contributed by atoms with Gasteiger partial charge in [0.15, 0.2) is 18.2 Å². The topological polar surface area (TPSA) is 152 Å². The first-order chi connectivity index (χ1) is 11.4. The standard InChI is InChI=1S/C14H16N4O6/c15-10(19)4-3-8(14(22)23)17-11(20)6-18-12(21)7-24-9-2-1-5-16-13(9)18/h1-2,5,8H,3-4,6-7H2,(H2,15,19)(H,17,20)(H,22,23). The number of nitrogens with one attached hydrogen (secondary N) is 1. The van der Waals surface area contributed by atoms with E-state index in [0.717, 1.165) is 4.90 Å². The van der Waals surface area contributed by atoms with Gasteiger partial charge in [0, 0.05) is 12.6 Å². The summed E-state index contributed by atoms with van der Waals surface area (Å²) in [7, 11) is 0. The molecule has 0 aliphatic carbocycles. The second kappa shape index (κ2) is 7.40. The predicted octanol–water partition coefficient (Wildman–Crippen LogP) is -1.36. The molecule has 4 N–H and O–H groups in total. The number of primary amides is 1. The number of ether oxygens (including phenoxy) is 1. The van der Waals surface area contributed by atoms with Crippen molar-refractivity contribution in [3.8, 4) is 5.75 Å². The monoisotopic (exact) mass is 336 g/mol. The van der Waals surface area contributed by atoms with Crippen LogP contribution in [0.2, 0.25) is 0 Å². The van der Waals surface area contributed by atoms with Crippen LogP contribution in [0.5, 0.6) is 5.75 Å². The lowest BCUT2D eigenvalue weighted by atomic mass is 10.1. The van der Waals surface area contributed by atoms with Gasteiger partial charge < -0.3 is 20.9 Å². The molecular formula is C14H16N4O6. The van der Waals surface area contributed by atoms with E-state index in [1.54, 1.807) is 12.1 Å². The van der Waals surface area contributed by atoms with Crippen LogP contribution < -0.4 is 20.7 Å². The molecule has 128 valence electrons. The molecule has 10 nitrogen and oxygen atoms in total. The van der Waals surface area contributed by atoms with E-state index >= 15 is 0 Å². The molecule has 1 aromatic rings. The third kappa shape index (κ3) is 4.18. The molecule has 24 heavy (non-hydrogen) atoms. The number of amides is 3. The molecule has 0 aromatic carbocycles. The van der Waals surface area contributed by atoms with Crippen molar-refractivity contribution in [3.63, 3.8) is 0 Å². The number of nitrogens with zero attached hydrogens (tertiary/aromatic N) is 2. The zero-order valence-electron chi connectivity index (χ0n) is 12.6. The lowest BCUT2D eigenvalue weighted by Crippen LogP contribution is -2.49. The van der Waals surface area contributed by atoms with E-state index < -0.39 is 36.3 Å². The maximum atomic E-state index is 12.1. The van der Waals surface area contributed by atoms with Gasteiger partial charge in [-0.1, -0.05) is 0 Å². The Balaban J connectivity index is 2.04. The van der Waals surface area contributed by atoms with Gasteiger partial charge in [-0.2, -0.15) is 0 Å². The van der Waals surface area contributed by atoms with Crippen molar-refractivity contribution in [3.05, 3.63) is 18.3 Å². The van der Waals surface area contributed by atoms with Gasteiger partial charge in [0.2, 0.25) is 11.8 Å². The summed E-state index contributed by atoms with van der Waals surface area (Å²) >= 11 is 0. The predicted molar refractivity (Wildman–Crippen MR) is 80.1 cm³/mol. The minimum Gasteiger partial charge on any atom is -0.480 e. The number of pyridine rings is 1. The molecule has 0 saturated carbocycles. The van der Waals surface area contributed by atoms with Crippen molar-refractivity contribution in [2.45, 2.75) is 18.9 Å². The molecule has 1 aliphatic heterocycles. The van der Waals surface area contributed by atoms with Crippen molar-refractivity contribution in [2.24, 2.45) is 5.73 Å². The minimum absolute atomic E-state index is 0.137. The lowest BCUT2D eigenvalue weighted by Gasteiger charge is -2.27. The van der Waals surface area contributed by atoms with Gasteiger partial charge in [0.25, 0.3) is 5.91 Å². The van der Waals surface area contributed by atoms with Gasteiger partial charge >= 0.3 is 5.97 Å². The van der Waals surface area contributed by atoms with Crippen LogP contribution >= 0.6 is 0 Å². The molecule has 1 unspecified atom stereocenters. The third-order valence-electron chi connectivity index (χ3n) is 3.27. The molecule has 2 heterocycles. The fraction of sp³-hybridized carbons (Fsp3) is 0.357. The number of aromatic nitrogens is 1. The Hall–Kier alpha value is -3.17. The highest BCUT2D eigenvalue weighted by Crippen LogP contribution is 2.28. The van der Waals surface area contributed by atoms with E-state index in [2.05, 4.69) is 10.3 Å². The van der Waals surface area contributed by atoms with E-state index in [1.807, 2.05) is 0 Å². The average molecular weight is 336 g/mol. The van der Waals surface area contributed by atoms with Crippen LogP contribution in [0.4, 0.5) is 5.82 Å². The van der Waals surface area contributed by atoms with Crippen LogP contribution in [0.25, 0.3) is 0 Å². The molecule has 1 aliphatic rings. The van der Waals surface area contributed by atoms with Crippen LogP contribution in [0, 0.1) is 0 Å². The van der Waals surface area contributed by atoms with E-state index in [-0.39, 0.29) is 25.3 Å². The molecule has 2 rings (SSSR count). The largest absolute Gasteiger partial charge is 0.480 e. The molecule has 0 radical (unpaired) electrons. The minimum atomic E-state index is -1.29. The van der Waals surface area contributed by atoms with Gasteiger partial charge in [0.05, 0.1) is 0 Å². The highest BCUT2D eigenvalue weighted by Gasteiger charge is 2.29. The van der Waals surface area contributed by atoms with Crippen molar-refractivity contribution in [1.82, 2.24) is 10.3 Å². The first kappa shape index (κ1) is 17.2. The van der Waals surface area contributed by atoms with E-state index in [0.29, 0.717) is 5.75 Å². The van der Waals surface area contributed by atoms with Gasteiger partial charge in [-0.05, 0) is 18.6 Å². The molecule has 0 saturated heterocycles. The second-order valence-corrected chi connectivity index (χ2v) is 5.06. The summed E-state index contributed by atoms with van der Waals surface area (Å²) in [6.07, 6.45) is 1.12. The molecule has 1 aromatic heterocycles. The SMILES string of the molecule is NC(=O)CCC(NC(=O)CN1C(=O)COc2cccnc21)C(=O)O. The van der Waals surface area contributed by atoms with Crippen LogP contribution in [-0.4, -0.2) is 53.0 Å². The summed E-state index contributed by atoms with van der Waals surface area (Å²) < 4.78 is 5.20. The maximum absolute atomic E-state index is 12.1. The van der Waals surface area contributed by atoms with E-state index in [9.17, 15) is 19.2 Å². The summed E-state index contributed by atoms with van der Waals surface area (Å²) in [5.74, 6) is -2.59. The third-order valence-corrected chi connectivity index (χ3v) is 3.27. The lowest BCUT2D eigenvalue weighted by molar-refractivity contribution is -0.142.